The van der Waals surface area contributed by atoms with Crippen LogP contribution < -0.4 is 0 Å². The Morgan fingerprint density at radius 3 is 2.95 bits per heavy atom. The third kappa shape index (κ3) is 3.70. The summed E-state index contributed by atoms with van der Waals surface area (Å²) in [6, 6.07) is 1.73. The van der Waals surface area contributed by atoms with Crippen molar-refractivity contribution in [2.75, 3.05) is 13.1 Å². The molecule has 1 amide bonds. The van der Waals surface area contributed by atoms with Crippen molar-refractivity contribution in [2.24, 2.45) is 5.92 Å². The molecule has 1 aromatic rings. The molecule has 19 heavy (non-hydrogen) atoms. The standard InChI is InChI=1S/C13H16ClNO3S/c14-10-5-7-19-12(10)13(18)15-6-1-2-9(8-15)3-4-11(16)17/h5,7,9H,1-4,6,8H2,(H,16,17)/t9-/m1/s1. The Morgan fingerprint density at radius 1 is 1.53 bits per heavy atom. The number of rotatable bonds is 4. The van der Waals surface area contributed by atoms with Gasteiger partial charge in [0.05, 0.1) is 5.02 Å². The van der Waals surface area contributed by atoms with Crippen LogP contribution in [0.3, 0.4) is 0 Å². The maximum Gasteiger partial charge on any atom is 0.303 e. The highest BCUT2D eigenvalue weighted by Gasteiger charge is 2.26. The second-order valence-electron chi connectivity index (χ2n) is 4.79. The lowest BCUT2D eigenvalue weighted by atomic mass is 9.93. The SMILES string of the molecule is O=C(O)CC[C@H]1CCCN(C(=O)c2sccc2Cl)C1. The van der Waals surface area contributed by atoms with Crippen molar-refractivity contribution in [1.29, 1.82) is 0 Å². The van der Waals surface area contributed by atoms with Crippen molar-refractivity contribution in [3.05, 3.63) is 21.3 Å². The smallest absolute Gasteiger partial charge is 0.303 e. The first-order valence-corrected chi connectivity index (χ1v) is 7.57. The van der Waals surface area contributed by atoms with Gasteiger partial charge in [-0.2, -0.15) is 0 Å². The second-order valence-corrected chi connectivity index (χ2v) is 6.11. The van der Waals surface area contributed by atoms with E-state index in [4.69, 9.17) is 16.7 Å². The van der Waals surface area contributed by atoms with Crippen LogP contribution in [0.4, 0.5) is 0 Å². The van der Waals surface area contributed by atoms with Gasteiger partial charge in [0, 0.05) is 19.5 Å². The monoisotopic (exact) mass is 301 g/mol. The quantitative estimate of drug-likeness (QED) is 0.929. The molecular formula is C13H16ClNO3S. The molecule has 6 heteroatoms. The Morgan fingerprint density at radius 2 is 2.32 bits per heavy atom. The first-order chi connectivity index (χ1) is 9.08. The highest BCUT2D eigenvalue weighted by molar-refractivity contribution is 7.12. The van der Waals surface area contributed by atoms with Crippen molar-refractivity contribution in [3.63, 3.8) is 0 Å². The van der Waals surface area contributed by atoms with E-state index in [-0.39, 0.29) is 18.2 Å². The van der Waals surface area contributed by atoms with Gasteiger partial charge in [-0.1, -0.05) is 11.6 Å². The van der Waals surface area contributed by atoms with Crippen LogP contribution >= 0.6 is 22.9 Å². The van der Waals surface area contributed by atoms with E-state index in [0.717, 1.165) is 19.4 Å². The molecule has 1 saturated heterocycles. The van der Waals surface area contributed by atoms with Gasteiger partial charge in [-0.3, -0.25) is 9.59 Å². The van der Waals surface area contributed by atoms with Gasteiger partial charge < -0.3 is 10.0 Å². The number of amides is 1. The van der Waals surface area contributed by atoms with Crippen LogP contribution in [-0.4, -0.2) is 35.0 Å². The normalized spacial score (nSPS) is 19.4. The van der Waals surface area contributed by atoms with E-state index >= 15 is 0 Å². The second kappa shape index (κ2) is 6.39. The summed E-state index contributed by atoms with van der Waals surface area (Å²) in [5, 5.41) is 11.0. The molecule has 1 N–H and O–H groups in total. The summed E-state index contributed by atoms with van der Waals surface area (Å²) < 4.78 is 0. The average Bonchev–Trinajstić information content (AvgIpc) is 2.82. The molecule has 104 valence electrons. The van der Waals surface area contributed by atoms with E-state index in [1.807, 2.05) is 0 Å². The number of carboxylic acids is 1. The maximum atomic E-state index is 12.3. The number of hydrogen-bond acceptors (Lipinski definition) is 3. The number of likely N-dealkylation sites (tertiary alicyclic amines) is 1. The predicted molar refractivity (Wildman–Crippen MR) is 74.8 cm³/mol. The third-order valence-corrected chi connectivity index (χ3v) is 4.71. The zero-order valence-corrected chi connectivity index (χ0v) is 12.0. The number of carbonyl (C=O) groups excluding carboxylic acids is 1. The minimum atomic E-state index is -0.773. The summed E-state index contributed by atoms with van der Waals surface area (Å²) >= 11 is 7.33. The largest absolute Gasteiger partial charge is 0.481 e. The van der Waals surface area contributed by atoms with E-state index in [1.165, 1.54) is 11.3 Å². The minimum absolute atomic E-state index is 0.0278. The Labute approximate surface area is 121 Å². The third-order valence-electron chi connectivity index (χ3n) is 3.38. The average molecular weight is 302 g/mol. The molecule has 1 aliphatic heterocycles. The summed E-state index contributed by atoms with van der Waals surface area (Å²) in [7, 11) is 0. The van der Waals surface area contributed by atoms with E-state index in [2.05, 4.69) is 0 Å². The van der Waals surface area contributed by atoms with Gasteiger partial charge in [0.1, 0.15) is 4.88 Å². The zero-order chi connectivity index (χ0) is 13.8. The molecule has 0 spiro atoms. The topological polar surface area (TPSA) is 57.6 Å². The number of piperidine rings is 1. The van der Waals surface area contributed by atoms with Crippen LogP contribution in [0, 0.1) is 5.92 Å². The van der Waals surface area contributed by atoms with Gasteiger partial charge in [0.2, 0.25) is 0 Å². The Bertz CT molecular complexity index is 474. The first-order valence-electron chi connectivity index (χ1n) is 6.32. The summed E-state index contributed by atoms with van der Waals surface area (Å²) in [4.78, 5) is 25.3. The highest BCUT2D eigenvalue weighted by Crippen LogP contribution is 2.27. The molecule has 4 nitrogen and oxygen atoms in total. The highest BCUT2D eigenvalue weighted by atomic mass is 35.5. The van der Waals surface area contributed by atoms with Crippen molar-refractivity contribution >= 4 is 34.8 Å². The van der Waals surface area contributed by atoms with E-state index < -0.39 is 5.97 Å². The fourth-order valence-electron chi connectivity index (χ4n) is 2.40. The molecule has 0 unspecified atom stereocenters. The molecule has 0 aliphatic carbocycles. The van der Waals surface area contributed by atoms with Gasteiger partial charge in [-0.05, 0) is 36.6 Å². The molecule has 1 atom stereocenters. The van der Waals surface area contributed by atoms with Gasteiger partial charge >= 0.3 is 5.97 Å². The van der Waals surface area contributed by atoms with Crippen molar-refractivity contribution < 1.29 is 14.7 Å². The number of carbonyl (C=O) groups is 2. The number of thiophene rings is 1. The van der Waals surface area contributed by atoms with Crippen LogP contribution in [0.25, 0.3) is 0 Å². The fourth-order valence-corrected chi connectivity index (χ4v) is 3.51. The lowest BCUT2D eigenvalue weighted by Crippen LogP contribution is -2.39. The molecule has 0 aromatic carbocycles. The molecule has 0 bridgehead atoms. The van der Waals surface area contributed by atoms with Crippen LogP contribution in [0.2, 0.25) is 5.02 Å². The van der Waals surface area contributed by atoms with Gasteiger partial charge in [-0.25, -0.2) is 0 Å². The number of carboxylic acid groups (broad SMARTS) is 1. The lowest BCUT2D eigenvalue weighted by Gasteiger charge is -2.32. The summed E-state index contributed by atoms with van der Waals surface area (Å²) in [6.45, 7) is 1.37. The summed E-state index contributed by atoms with van der Waals surface area (Å²) in [5.74, 6) is -0.516. The van der Waals surface area contributed by atoms with Gasteiger partial charge in [0.15, 0.2) is 0 Å². The number of hydrogen-bond donors (Lipinski definition) is 1. The summed E-state index contributed by atoms with van der Waals surface area (Å²) in [5.41, 5.74) is 0. The lowest BCUT2D eigenvalue weighted by molar-refractivity contribution is -0.137. The van der Waals surface area contributed by atoms with E-state index in [9.17, 15) is 9.59 Å². The van der Waals surface area contributed by atoms with Gasteiger partial charge in [0.25, 0.3) is 5.91 Å². The molecule has 2 heterocycles. The Hall–Kier alpha value is -1.07. The predicted octanol–water partition coefficient (Wildman–Crippen LogP) is 3.12. The van der Waals surface area contributed by atoms with Crippen LogP contribution in [0.1, 0.15) is 35.4 Å². The van der Waals surface area contributed by atoms with Crippen molar-refractivity contribution in [1.82, 2.24) is 4.90 Å². The number of nitrogens with zero attached hydrogens (tertiary/aromatic N) is 1. The number of halogens is 1. The van der Waals surface area contributed by atoms with Crippen LogP contribution in [-0.2, 0) is 4.79 Å². The van der Waals surface area contributed by atoms with Crippen molar-refractivity contribution in [3.8, 4) is 0 Å². The minimum Gasteiger partial charge on any atom is -0.481 e. The number of aliphatic carboxylic acids is 1. The first kappa shape index (κ1) is 14.3. The molecule has 2 rings (SSSR count). The molecule has 0 radical (unpaired) electrons. The fraction of sp³-hybridized carbons (Fsp3) is 0.538. The summed E-state index contributed by atoms with van der Waals surface area (Å²) in [6.07, 6.45) is 2.73. The van der Waals surface area contributed by atoms with Crippen LogP contribution in [0.5, 0.6) is 0 Å². The van der Waals surface area contributed by atoms with E-state index in [0.29, 0.717) is 22.9 Å². The molecule has 1 aliphatic rings. The van der Waals surface area contributed by atoms with Crippen molar-refractivity contribution in [2.45, 2.75) is 25.7 Å². The Balaban J connectivity index is 1.95. The molecule has 1 aromatic heterocycles. The molecular weight excluding hydrogens is 286 g/mol. The maximum absolute atomic E-state index is 12.3. The van der Waals surface area contributed by atoms with Gasteiger partial charge in [-0.15, -0.1) is 11.3 Å². The Kier molecular flexibility index (Phi) is 4.82. The van der Waals surface area contributed by atoms with Crippen LogP contribution in [0.15, 0.2) is 11.4 Å². The zero-order valence-electron chi connectivity index (χ0n) is 10.5. The molecule has 0 saturated carbocycles. The van der Waals surface area contributed by atoms with E-state index in [1.54, 1.807) is 16.3 Å². The molecule has 1 fully saturated rings.